The van der Waals surface area contributed by atoms with Crippen LogP contribution in [0.4, 0.5) is 0 Å². The van der Waals surface area contributed by atoms with E-state index in [-0.39, 0.29) is 6.61 Å². The highest BCUT2D eigenvalue weighted by Gasteiger charge is 2.05. The Balaban J connectivity index is 2.11. The largest absolute Gasteiger partial charge is 0.491 e. The Morgan fingerprint density at radius 3 is 3.00 bits per heavy atom. The van der Waals surface area contributed by atoms with Gasteiger partial charge >= 0.3 is 0 Å². The van der Waals surface area contributed by atoms with Gasteiger partial charge in [0, 0.05) is 33.8 Å². The van der Waals surface area contributed by atoms with Crippen LogP contribution in [0, 0.1) is 0 Å². The summed E-state index contributed by atoms with van der Waals surface area (Å²) < 4.78 is 17.3. The van der Waals surface area contributed by atoms with Crippen LogP contribution in [0.15, 0.2) is 28.7 Å². The summed E-state index contributed by atoms with van der Waals surface area (Å²) >= 11 is 3.36. The van der Waals surface area contributed by atoms with Gasteiger partial charge in [-0.05, 0) is 31.2 Å². The molecule has 0 bridgehead atoms. The molecule has 2 atom stereocenters. The van der Waals surface area contributed by atoms with Crippen molar-refractivity contribution < 1.29 is 14.1 Å². The number of hydrogen-bond donors (Lipinski definition) is 2. The molecule has 1 aromatic carbocycles. The summed E-state index contributed by atoms with van der Waals surface area (Å²) in [6, 6.07) is 7.51. The summed E-state index contributed by atoms with van der Waals surface area (Å²) in [5.74, 6) is 1.42. The first-order chi connectivity index (χ1) is 9.08. The number of halogens is 1. The third-order valence-electron chi connectivity index (χ3n) is 2.40. The molecule has 6 heteroatoms. The average molecular weight is 350 g/mol. The van der Waals surface area contributed by atoms with Crippen LogP contribution >= 0.6 is 15.9 Å². The zero-order valence-corrected chi connectivity index (χ0v) is 13.4. The molecular formula is C13H20BrNO3S. The quantitative estimate of drug-likeness (QED) is 0.664. The molecule has 0 aliphatic carbocycles. The first kappa shape index (κ1) is 16.6. The molecule has 2 unspecified atom stereocenters. The summed E-state index contributed by atoms with van der Waals surface area (Å²) in [5.41, 5.74) is 0. The standard InChI is InChI=1S/C13H20BrNO3S/c1-19(17)7-3-6-15-9-12(16)10-18-13-5-2-4-11(14)8-13/h2,4-5,8,12,15-16H,3,6-7,9-10H2,1H3. The number of benzene rings is 1. The predicted molar refractivity (Wildman–Crippen MR) is 82.1 cm³/mol. The van der Waals surface area contributed by atoms with E-state index in [9.17, 15) is 9.32 Å². The fraction of sp³-hybridized carbons (Fsp3) is 0.538. The fourth-order valence-corrected chi connectivity index (χ4v) is 2.41. The van der Waals surface area contributed by atoms with Crippen molar-refractivity contribution >= 4 is 26.7 Å². The Labute approximate surface area is 125 Å². The molecule has 1 rings (SSSR count). The van der Waals surface area contributed by atoms with E-state index in [4.69, 9.17) is 4.74 Å². The second-order valence-electron chi connectivity index (χ2n) is 4.26. The van der Waals surface area contributed by atoms with E-state index in [0.29, 0.717) is 12.3 Å². The highest BCUT2D eigenvalue weighted by atomic mass is 79.9. The number of aliphatic hydroxyl groups excluding tert-OH is 1. The summed E-state index contributed by atoms with van der Waals surface area (Å²) in [4.78, 5) is 0. The monoisotopic (exact) mass is 349 g/mol. The van der Waals surface area contributed by atoms with E-state index >= 15 is 0 Å². The van der Waals surface area contributed by atoms with Gasteiger partial charge in [0.2, 0.25) is 0 Å². The minimum Gasteiger partial charge on any atom is -0.491 e. The number of aliphatic hydroxyl groups is 1. The molecule has 0 saturated heterocycles. The van der Waals surface area contributed by atoms with Crippen LogP contribution in [0.2, 0.25) is 0 Å². The summed E-state index contributed by atoms with van der Waals surface area (Å²) in [7, 11) is -0.742. The van der Waals surface area contributed by atoms with E-state index in [0.717, 1.165) is 23.2 Å². The molecule has 0 spiro atoms. The van der Waals surface area contributed by atoms with Crippen LogP contribution in [-0.4, -0.2) is 47.1 Å². The minimum atomic E-state index is -0.742. The molecule has 1 aromatic rings. The van der Waals surface area contributed by atoms with Crippen LogP contribution in [-0.2, 0) is 10.8 Å². The number of ether oxygens (including phenoxy) is 1. The van der Waals surface area contributed by atoms with Gasteiger partial charge in [-0.25, -0.2) is 0 Å². The molecule has 0 aromatic heterocycles. The van der Waals surface area contributed by atoms with Crippen molar-refractivity contribution in [2.24, 2.45) is 0 Å². The lowest BCUT2D eigenvalue weighted by atomic mass is 10.3. The molecule has 0 amide bonds. The number of hydrogen-bond acceptors (Lipinski definition) is 4. The molecule has 0 fully saturated rings. The second kappa shape index (κ2) is 9.47. The van der Waals surface area contributed by atoms with Gasteiger partial charge in [0.15, 0.2) is 0 Å². The zero-order chi connectivity index (χ0) is 14.1. The first-order valence-corrected chi connectivity index (χ1v) is 8.67. The van der Waals surface area contributed by atoms with Gasteiger partial charge in [-0.2, -0.15) is 0 Å². The molecule has 0 aliphatic rings. The fourth-order valence-electron chi connectivity index (χ4n) is 1.48. The summed E-state index contributed by atoms with van der Waals surface area (Å²) in [5, 5.41) is 12.8. The SMILES string of the molecule is CS(=O)CCCNCC(O)COc1cccc(Br)c1. The van der Waals surface area contributed by atoms with E-state index in [1.807, 2.05) is 24.3 Å². The van der Waals surface area contributed by atoms with Gasteiger partial charge in [-0.15, -0.1) is 0 Å². The Hall–Kier alpha value is -0.430. The van der Waals surface area contributed by atoms with Crippen LogP contribution in [0.25, 0.3) is 0 Å². The number of rotatable bonds is 9. The Kier molecular flexibility index (Phi) is 8.29. The smallest absolute Gasteiger partial charge is 0.120 e. The summed E-state index contributed by atoms with van der Waals surface area (Å²) in [6.45, 7) is 1.49. The van der Waals surface area contributed by atoms with Crippen LogP contribution in [0.3, 0.4) is 0 Å². The lowest BCUT2D eigenvalue weighted by Gasteiger charge is -2.13. The van der Waals surface area contributed by atoms with Crippen LogP contribution < -0.4 is 10.1 Å². The normalized spacial score (nSPS) is 14.1. The molecule has 4 nitrogen and oxygen atoms in total. The van der Waals surface area contributed by atoms with Crippen molar-refractivity contribution in [2.75, 3.05) is 31.7 Å². The van der Waals surface area contributed by atoms with E-state index in [1.165, 1.54) is 0 Å². The summed E-state index contributed by atoms with van der Waals surface area (Å²) in [6.07, 6.45) is 1.99. The molecule has 108 valence electrons. The predicted octanol–water partition coefficient (Wildman–Crippen LogP) is 1.55. The third-order valence-corrected chi connectivity index (χ3v) is 3.76. The maximum absolute atomic E-state index is 10.8. The first-order valence-electron chi connectivity index (χ1n) is 6.15. The van der Waals surface area contributed by atoms with Crippen molar-refractivity contribution in [3.05, 3.63) is 28.7 Å². The van der Waals surface area contributed by atoms with Crippen molar-refractivity contribution in [3.63, 3.8) is 0 Å². The van der Waals surface area contributed by atoms with E-state index in [1.54, 1.807) is 6.26 Å². The molecular weight excluding hydrogens is 330 g/mol. The topological polar surface area (TPSA) is 58.6 Å². The van der Waals surface area contributed by atoms with Gasteiger partial charge in [0.05, 0.1) is 0 Å². The number of nitrogens with one attached hydrogen (secondary N) is 1. The maximum Gasteiger partial charge on any atom is 0.120 e. The maximum atomic E-state index is 10.8. The van der Waals surface area contributed by atoms with E-state index in [2.05, 4.69) is 21.2 Å². The molecule has 0 heterocycles. The van der Waals surface area contributed by atoms with Gasteiger partial charge in [-0.3, -0.25) is 4.21 Å². The molecule has 0 aliphatic heterocycles. The van der Waals surface area contributed by atoms with Gasteiger partial charge in [-0.1, -0.05) is 22.0 Å². The highest BCUT2D eigenvalue weighted by Crippen LogP contribution is 2.17. The van der Waals surface area contributed by atoms with Crippen molar-refractivity contribution in [1.29, 1.82) is 0 Å². The Bertz CT molecular complexity index is 403. The zero-order valence-electron chi connectivity index (χ0n) is 11.0. The Morgan fingerprint density at radius 1 is 1.53 bits per heavy atom. The second-order valence-corrected chi connectivity index (χ2v) is 6.73. The molecule has 0 radical (unpaired) electrons. The van der Waals surface area contributed by atoms with Crippen molar-refractivity contribution in [3.8, 4) is 5.75 Å². The highest BCUT2D eigenvalue weighted by molar-refractivity contribution is 9.10. The minimum absolute atomic E-state index is 0.253. The average Bonchev–Trinajstić information content (AvgIpc) is 2.35. The molecule has 2 N–H and O–H groups in total. The van der Waals surface area contributed by atoms with Gasteiger partial charge in [0.1, 0.15) is 18.5 Å². The van der Waals surface area contributed by atoms with Crippen LogP contribution in [0.5, 0.6) is 5.75 Å². The van der Waals surface area contributed by atoms with Crippen molar-refractivity contribution in [1.82, 2.24) is 5.32 Å². The lowest BCUT2D eigenvalue weighted by Crippen LogP contribution is -2.32. The molecule has 0 saturated carbocycles. The third kappa shape index (κ3) is 8.36. The molecule has 19 heavy (non-hydrogen) atoms. The Morgan fingerprint density at radius 2 is 2.32 bits per heavy atom. The van der Waals surface area contributed by atoms with Gasteiger partial charge in [0.25, 0.3) is 0 Å². The van der Waals surface area contributed by atoms with Crippen molar-refractivity contribution in [2.45, 2.75) is 12.5 Å². The van der Waals surface area contributed by atoms with Gasteiger partial charge < -0.3 is 15.2 Å². The van der Waals surface area contributed by atoms with E-state index < -0.39 is 16.9 Å². The lowest BCUT2D eigenvalue weighted by molar-refractivity contribution is 0.106. The van der Waals surface area contributed by atoms with Crippen LogP contribution in [0.1, 0.15) is 6.42 Å².